The van der Waals surface area contributed by atoms with Gasteiger partial charge in [0, 0.05) is 18.1 Å². The molecule has 0 amide bonds. The molecule has 2 aromatic heterocycles. The maximum atomic E-state index is 13.1. The van der Waals surface area contributed by atoms with Gasteiger partial charge in [-0.25, -0.2) is 14.3 Å². The van der Waals surface area contributed by atoms with Crippen molar-refractivity contribution in [3.63, 3.8) is 0 Å². The third-order valence-electron chi connectivity index (χ3n) is 4.73. The lowest BCUT2D eigenvalue weighted by molar-refractivity contribution is 0.690. The normalized spacial score (nSPS) is 10.8. The van der Waals surface area contributed by atoms with Gasteiger partial charge in [-0.15, -0.1) is 6.58 Å². The van der Waals surface area contributed by atoms with Crippen molar-refractivity contribution in [2.75, 3.05) is 0 Å². The number of aromatic nitrogens is 4. The molecule has 0 bridgehead atoms. The summed E-state index contributed by atoms with van der Waals surface area (Å²) in [6.45, 7) is 4.09. The van der Waals surface area contributed by atoms with Crippen molar-refractivity contribution in [1.29, 1.82) is 5.26 Å². The lowest BCUT2D eigenvalue weighted by Gasteiger charge is -2.12. The van der Waals surface area contributed by atoms with Gasteiger partial charge in [0.1, 0.15) is 0 Å². The molecule has 0 aliphatic rings. The summed E-state index contributed by atoms with van der Waals surface area (Å²) < 4.78 is 4.22. The molecule has 7 nitrogen and oxygen atoms in total. The summed E-state index contributed by atoms with van der Waals surface area (Å²) in [7, 11) is 0. The van der Waals surface area contributed by atoms with Crippen LogP contribution in [0.2, 0.25) is 5.02 Å². The molecular formula is C22H16ClN5O2. The number of nitrogens with zero attached hydrogens (tertiary/aromatic N) is 5. The molecule has 0 aliphatic carbocycles. The first-order valence-electron chi connectivity index (χ1n) is 9.10. The molecule has 148 valence electrons. The van der Waals surface area contributed by atoms with Crippen molar-refractivity contribution in [2.45, 2.75) is 13.1 Å². The minimum atomic E-state index is -0.502. The summed E-state index contributed by atoms with van der Waals surface area (Å²) in [5, 5.41) is 9.50. The van der Waals surface area contributed by atoms with Crippen molar-refractivity contribution in [3.05, 3.63) is 105 Å². The molecule has 4 rings (SSSR count). The zero-order valence-electron chi connectivity index (χ0n) is 15.8. The second-order valence-corrected chi connectivity index (χ2v) is 7.09. The predicted molar refractivity (Wildman–Crippen MR) is 115 cm³/mol. The Morgan fingerprint density at radius 1 is 1.10 bits per heavy atom. The Morgan fingerprint density at radius 2 is 1.80 bits per heavy atom. The lowest BCUT2D eigenvalue weighted by Crippen LogP contribution is -2.39. The molecule has 0 unspecified atom stereocenters. The van der Waals surface area contributed by atoms with Crippen LogP contribution in [-0.2, 0) is 13.1 Å². The van der Waals surface area contributed by atoms with Gasteiger partial charge < -0.3 is 4.57 Å². The molecule has 4 aromatic rings. The van der Waals surface area contributed by atoms with Gasteiger partial charge in [-0.2, -0.15) is 5.26 Å². The minimum absolute atomic E-state index is 0.0727. The minimum Gasteiger partial charge on any atom is -0.320 e. The molecule has 30 heavy (non-hydrogen) atoms. The third kappa shape index (κ3) is 3.34. The Balaban J connectivity index is 1.95. The average molecular weight is 418 g/mol. The van der Waals surface area contributed by atoms with E-state index in [9.17, 15) is 9.59 Å². The molecule has 0 saturated carbocycles. The number of imidazole rings is 1. The van der Waals surface area contributed by atoms with Gasteiger partial charge in [-0.05, 0) is 42.0 Å². The van der Waals surface area contributed by atoms with Crippen molar-refractivity contribution < 1.29 is 0 Å². The number of benzene rings is 2. The SMILES string of the molecule is C=CCn1c(=O)c2c(ncn2Cc2ccc(C#N)cc2)n(-c2ccc(Cl)cc2)c1=O. The van der Waals surface area contributed by atoms with Crippen molar-refractivity contribution in [1.82, 2.24) is 18.7 Å². The molecular weight excluding hydrogens is 402 g/mol. The second kappa shape index (κ2) is 7.85. The van der Waals surface area contributed by atoms with Crippen LogP contribution in [0.25, 0.3) is 16.9 Å². The Morgan fingerprint density at radius 3 is 2.43 bits per heavy atom. The van der Waals surface area contributed by atoms with Crippen LogP contribution in [0.4, 0.5) is 0 Å². The van der Waals surface area contributed by atoms with E-state index in [-0.39, 0.29) is 12.2 Å². The number of hydrogen-bond acceptors (Lipinski definition) is 4. The molecule has 8 heteroatoms. The molecule has 2 heterocycles. The second-order valence-electron chi connectivity index (χ2n) is 6.65. The first-order chi connectivity index (χ1) is 14.5. The summed E-state index contributed by atoms with van der Waals surface area (Å²) in [6.07, 6.45) is 3.04. The average Bonchev–Trinajstić information content (AvgIpc) is 3.16. The van der Waals surface area contributed by atoms with Crippen molar-refractivity contribution in [2.24, 2.45) is 0 Å². The Labute approximate surface area is 176 Å². The summed E-state index contributed by atoms with van der Waals surface area (Å²) in [4.78, 5) is 30.6. The molecule has 0 radical (unpaired) electrons. The molecule has 0 spiro atoms. The van der Waals surface area contributed by atoms with Gasteiger partial charge in [-0.3, -0.25) is 9.36 Å². The fourth-order valence-electron chi connectivity index (χ4n) is 3.29. The lowest BCUT2D eigenvalue weighted by atomic mass is 10.1. The van der Waals surface area contributed by atoms with Crippen LogP contribution in [0.15, 0.2) is 77.1 Å². The standard InChI is InChI=1S/C22H16ClN5O2/c1-2-11-27-21(29)19-20(28(22(27)30)18-9-7-17(23)8-10-18)25-14-26(19)13-16-5-3-15(12-24)4-6-16/h2-10,14H,1,11,13H2. The van der Waals surface area contributed by atoms with Gasteiger partial charge in [0.25, 0.3) is 5.56 Å². The van der Waals surface area contributed by atoms with E-state index in [4.69, 9.17) is 16.9 Å². The Bertz CT molecular complexity index is 1400. The first-order valence-corrected chi connectivity index (χ1v) is 9.48. The molecule has 0 saturated heterocycles. The van der Waals surface area contributed by atoms with Gasteiger partial charge in [0.15, 0.2) is 11.2 Å². The maximum Gasteiger partial charge on any atom is 0.337 e. The first kappa shape index (κ1) is 19.4. The number of fused-ring (bicyclic) bond motifs is 1. The molecule has 0 fully saturated rings. The topological polar surface area (TPSA) is 85.6 Å². The number of rotatable bonds is 5. The highest BCUT2D eigenvalue weighted by atomic mass is 35.5. The van der Waals surface area contributed by atoms with Crippen LogP contribution in [0.5, 0.6) is 0 Å². The highest BCUT2D eigenvalue weighted by Crippen LogP contribution is 2.17. The zero-order chi connectivity index (χ0) is 21.3. The van der Waals surface area contributed by atoms with E-state index in [2.05, 4.69) is 17.6 Å². The zero-order valence-corrected chi connectivity index (χ0v) is 16.6. The van der Waals surface area contributed by atoms with E-state index >= 15 is 0 Å². The van der Waals surface area contributed by atoms with E-state index in [1.807, 2.05) is 12.1 Å². The number of hydrogen-bond donors (Lipinski definition) is 0. The van der Waals surface area contributed by atoms with E-state index in [1.54, 1.807) is 41.0 Å². The van der Waals surface area contributed by atoms with Crippen LogP contribution in [-0.4, -0.2) is 18.7 Å². The maximum absolute atomic E-state index is 13.1. The fraction of sp³-hybridized carbons (Fsp3) is 0.0909. The Hall–Kier alpha value is -3.89. The monoisotopic (exact) mass is 417 g/mol. The Kier molecular flexibility index (Phi) is 5.09. The van der Waals surface area contributed by atoms with Crippen LogP contribution < -0.4 is 11.2 Å². The van der Waals surface area contributed by atoms with Crippen LogP contribution in [0, 0.1) is 11.3 Å². The van der Waals surface area contributed by atoms with Crippen LogP contribution >= 0.6 is 11.6 Å². The summed E-state index contributed by atoms with van der Waals surface area (Å²) in [5.41, 5.74) is 1.63. The van der Waals surface area contributed by atoms with Gasteiger partial charge in [0.2, 0.25) is 0 Å². The predicted octanol–water partition coefficient (Wildman–Crippen LogP) is 3.11. The smallest absolute Gasteiger partial charge is 0.320 e. The molecule has 0 atom stereocenters. The number of nitriles is 1. The highest BCUT2D eigenvalue weighted by molar-refractivity contribution is 6.30. The number of halogens is 1. The largest absolute Gasteiger partial charge is 0.337 e. The summed E-state index contributed by atoms with van der Waals surface area (Å²) in [5.74, 6) is 0. The summed E-state index contributed by atoms with van der Waals surface area (Å²) in [6, 6.07) is 15.9. The van der Waals surface area contributed by atoms with Gasteiger partial charge in [-0.1, -0.05) is 29.8 Å². The van der Waals surface area contributed by atoms with Crippen LogP contribution in [0.1, 0.15) is 11.1 Å². The fourth-order valence-corrected chi connectivity index (χ4v) is 3.42. The molecule has 0 aliphatic heterocycles. The van der Waals surface area contributed by atoms with Crippen molar-refractivity contribution >= 4 is 22.8 Å². The van der Waals surface area contributed by atoms with E-state index in [0.717, 1.165) is 10.1 Å². The summed E-state index contributed by atoms with van der Waals surface area (Å²) >= 11 is 5.98. The van der Waals surface area contributed by atoms with Crippen LogP contribution in [0.3, 0.4) is 0 Å². The van der Waals surface area contributed by atoms with E-state index in [0.29, 0.717) is 28.3 Å². The molecule has 2 aromatic carbocycles. The van der Waals surface area contributed by atoms with Crippen molar-refractivity contribution in [3.8, 4) is 11.8 Å². The quantitative estimate of drug-likeness (QED) is 0.467. The van der Waals surface area contributed by atoms with Gasteiger partial charge in [0.05, 0.1) is 23.6 Å². The van der Waals surface area contributed by atoms with E-state index < -0.39 is 11.2 Å². The van der Waals surface area contributed by atoms with E-state index in [1.165, 1.54) is 17.0 Å². The number of allylic oxidation sites excluding steroid dienone is 1. The van der Waals surface area contributed by atoms with Gasteiger partial charge >= 0.3 is 5.69 Å². The molecule has 0 N–H and O–H groups in total. The third-order valence-corrected chi connectivity index (χ3v) is 4.98. The highest BCUT2D eigenvalue weighted by Gasteiger charge is 2.19.